The summed E-state index contributed by atoms with van der Waals surface area (Å²) in [5.41, 5.74) is 2.09. The van der Waals surface area contributed by atoms with Crippen molar-refractivity contribution in [2.75, 3.05) is 44.8 Å². The first-order valence-corrected chi connectivity index (χ1v) is 10.1. The zero-order chi connectivity index (χ0) is 18.1. The zero-order valence-electron chi connectivity index (χ0n) is 15.4. The van der Waals surface area contributed by atoms with Crippen LogP contribution < -0.4 is 9.64 Å². The van der Waals surface area contributed by atoms with Crippen LogP contribution >= 0.6 is 11.3 Å². The third-order valence-electron chi connectivity index (χ3n) is 5.19. The molecule has 0 bridgehead atoms. The molecule has 2 aliphatic rings. The number of hydrogen-bond acceptors (Lipinski definition) is 6. The summed E-state index contributed by atoms with van der Waals surface area (Å²) >= 11 is 1.66. The van der Waals surface area contributed by atoms with Crippen LogP contribution in [0.5, 0.6) is 5.75 Å². The van der Waals surface area contributed by atoms with Crippen molar-refractivity contribution in [3.8, 4) is 5.75 Å². The summed E-state index contributed by atoms with van der Waals surface area (Å²) in [5.74, 6) is 0.923. The second kappa shape index (κ2) is 7.40. The van der Waals surface area contributed by atoms with Crippen molar-refractivity contribution in [3.05, 3.63) is 17.7 Å². The number of nitrogens with zero attached hydrogens (tertiary/aromatic N) is 3. The smallest absolute Gasteiger partial charge is 0.253 e. The Labute approximate surface area is 157 Å². The normalized spacial score (nSPS) is 21.2. The van der Waals surface area contributed by atoms with Crippen molar-refractivity contribution in [1.82, 2.24) is 9.88 Å². The number of rotatable bonds is 3. The lowest BCUT2D eigenvalue weighted by atomic mass is 10.1. The average molecular weight is 375 g/mol. The molecular formula is C19H25N3O3S. The highest BCUT2D eigenvalue weighted by Gasteiger charge is 2.32. The molecule has 2 fully saturated rings. The van der Waals surface area contributed by atoms with Crippen LogP contribution in [0, 0.1) is 6.92 Å². The first kappa shape index (κ1) is 17.5. The van der Waals surface area contributed by atoms with Crippen LogP contribution in [0.15, 0.2) is 12.1 Å². The Hall–Kier alpha value is -1.86. The minimum atomic E-state index is -0.392. The molecule has 6 nitrogen and oxygen atoms in total. The molecule has 1 atom stereocenters. The number of fused-ring (bicyclic) bond motifs is 1. The van der Waals surface area contributed by atoms with Gasteiger partial charge in [0, 0.05) is 19.6 Å². The zero-order valence-corrected chi connectivity index (χ0v) is 16.2. The van der Waals surface area contributed by atoms with Crippen molar-refractivity contribution in [2.45, 2.75) is 32.3 Å². The number of carbonyl (C=O) groups is 1. The number of aromatic nitrogens is 1. The van der Waals surface area contributed by atoms with E-state index in [0.717, 1.165) is 53.6 Å². The van der Waals surface area contributed by atoms with Gasteiger partial charge in [-0.3, -0.25) is 4.79 Å². The second-order valence-corrected chi connectivity index (χ2v) is 7.93. The Morgan fingerprint density at radius 2 is 2.08 bits per heavy atom. The van der Waals surface area contributed by atoms with Crippen LogP contribution in [0.3, 0.4) is 0 Å². The van der Waals surface area contributed by atoms with E-state index in [1.165, 1.54) is 12.0 Å². The van der Waals surface area contributed by atoms with E-state index < -0.39 is 6.10 Å². The Morgan fingerprint density at radius 1 is 1.27 bits per heavy atom. The summed E-state index contributed by atoms with van der Waals surface area (Å²) in [5, 5.41) is 0.937. The lowest BCUT2D eigenvalue weighted by Gasteiger charge is -2.36. The lowest BCUT2D eigenvalue weighted by Crippen LogP contribution is -2.52. The highest BCUT2D eigenvalue weighted by molar-refractivity contribution is 7.22. The molecule has 4 rings (SSSR count). The van der Waals surface area contributed by atoms with Crippen LogP contribution in [-0.2, 0) is 9.53 Å². The van der Waals surface area contributed by atoms with Crippen LogP contribution in [0.1, 0.15) is 24.8 Å². The van der Waals surface area contributed by atoms with E-state index in [-0.39, 0.29) is 5.91 Å². The largest absolute Gasteiger partial charge is 0.494 e. The first-order valence-electron chi connectivity index (χ1n) is 9.27. The van der Waals surface area contributed by atoms with Gasteiger partial charge in [-0.05, 0) is 37.8 Å². The van der Waals surface area contributed by atoms with Gasteiger partial charge in [-0.25, -0.2) is 4.98 Å². The van der Waals surface area contributed by atoms with Crippen LogP contribution in [-0.4, -0.2) is 61.8 Å². The van der Waals surface area contributed by atoms with Crippen LogP contribution in [0.2, 0.25) is 0 Å². The molecule has 0 saturated carbocycles. The predicted octanol–water partition coefficient (Wildman–Crippen LogP) is 2.83. The fourth-order valence-corrected chi connectivity index (χ4v) is 4.78. The molecule has 7 heteroatoms. The fraction of sp³-hybridized carbons (Fsp3) is 0.579. The number of ether oxygens (including phenoxy) is 2. The summed E-state index contributed by atoms with van der Waals surface area (Å²) in [6, 6.07) is 4.02. The van der Waals surface area contributed by atoms with Gasteiger partial charge in [0.1, 0.15) is 11.3 Å². The number of piperidine rings is 1. The number of thiazole rings is 1. The standard InChI is InChI=1S/C19H25N3O3S/c1-13-6-7-14(24-2)16-17(13)26-19(20-16)22-10-11-25-15(12-22)18(23)21-8-4-3-5-9-21/h6-7,15H,3-5,8-12H2,1-2H3. The van der Waals surface area contributed by atoms with Crippen molar-refractivity contribution in [1.29, 1.82) is 0 Å². The van der Waals surface area contributed by atoms with Crippen molar-refractivity contribution in [2.24, 2.45) is 0 Å². The molecule has 26 heavy (non-hydrogen) atoms. The molecule has 0 spiro atoms. The van der Waals surface area contributed by atoms with E-state index >= 15 is 0 Å². The van der Waals surface area contributed by atoms with Crippen LogP contribution in [0.25, 0.3) is 10.2 Å². The first-order chi connectivity index (χ1) is 12.7. The van der Waals surface area contributed by atoms with Gasteiger partial charge in [0.2, 0.25) is 0 Å². The van der Waals surface area contributed by atoms with E-state index in [4.69, 9.17) is 14.5 Å². The average Bonchev–Trinajstić information content (AvgIpc) is 3.15. The minimum absolute atomic E-state index is 0.129. The van der Waals surface area contributed by atoms with Crippen molar-refractivity contribution in [3.63, 3.8) is 0 Å². The number of carbonyl (C=O) groups excluding carboxylic acids is 1. The Morgan fingerprint density at radius 3 is 2.85 bits per heavy atom. The maximum absolute atomic E-state index is 12.8. The molecule has 3 heterocycles. The van der Waals surface area contributed by atoms with Gasteiger partial charge < -0.3 is 19.3 Å². The maximum atomic E-state index is 12.8. The predicted molar refractivity (Wildman–Crippen MR) is 103 cm³/mol. The molecule has 0 radical (unpaired) electrons. The molecule has 1 amide bonds. The van der Waals surface area contributed by atoms with E-state index in [1.54, 1.807) is 18.4 Å². The fourth-order valence-electron chi connectivity index (χ4n) is 3.69. The number of hydrogen-bond donors (Lipinski definition) is 0. The summed E-state index contributed by atoms with van der Waals surface area (Å²) in [7, 11) is 1.67. The van der Waals surface area contributed by atoms with E-state index in [0.29, 0.717) is 13.2 Å². The monoisotopic (exact) mass is 375 g/mol. The van der Waals surface area contributed by atoms with Gasteiger partial charge in [0.05, 0.1) is 25.0 Å². The minimum Gasteiger partial charge on any atom is -0.494 e. The number of methoxy groups -OCH3 is 1. The van der Waals surface area contributed by atoms with Crippen molar-refractivity contribution < 1.29 is 14.3 Å². The second-order valence-electron chi connectivity index (χ2n) is 6.95. The van der Waals surface area contributed by atoms with Gasteiger partial charge >= 0.3 is 0 Å². The topological polar surface area (TPSA) is 54.9 Å². The molecule has 1 aromatic carbocycles. The van der Waals surface area contributed by atoms with Gasteiger partial charge in [-0.15, -0.1) is 0 Å². The number of benzene rings is 1. The summed E-state index contributed by atoms with van der Waals surface area (Å²) in [6.07, 6.45) is 3.02. The molecule has 0 aliphatic carbocycles. The van der Waals surface area contributed by atoms with E-state index in [9.17, 15) is 4.79 Å². The lowest BCUT2D eigenvalue weighted by molar-refractivity contribution is -0.145. The highest BCUT2D eigenvalue weighted by atomic mass is 32.1. The highest BCUT2D eigenvalue weighted by Crippen LogP contribution is 2.36. The molecule has 2 aromatic rings. The van der Waals surface area contributed by atoms with Crippen LogP contribution in [0.4, 0.5) is 5.13 Å². The SMILES string of the molecule is COc1ccc(C)c2sc(N3CCOC(C(=O)N4CCCCC4)C3)nc12. The number of anilines is 1. The quantitative estimate of drug-likeness (QED) is 0.826. The van der Waals surface area contributed by atoms with Gasteiger partial charge in [0.15, 0.2) is 11.2 Å². The van der Waals surface area contributed by atoms with E-state index in [1.807, 2.05) is 11.0 Å². The van der Waals surface area contributed by atoms with Crippen molar-refractivity contribution >= 4 is 32.6 Å². The molecule has 1 aromatic heterocycles. The molecule has 2 aliphatic heterocycles. The third-order valence-corrected chi connectivity index (χ3v) is 6.44. The summed E-state index contributed by atoms with van der Waals surface area (Å²) in [4.78, 5) is 21.7. The number of amides is 1. The Kier molecular flexibility index (Phi) is 5.00. The molecule has 1 unspecified atom stereocenters. The number of likely N-dealkylation sites (tertiary alicyclic amines) is 1. The van der Waals surface area contributed by atoms with Gasteiger partial charge in [-0.1, -0.05) is 17.4 Å². The number of morpholine rings is 1. The Balaban J connectivity index is 1.55. The summed E-state index contributed by atoms with van der Waals surface area (Å²) in [6.45, 7) is 5.68. The molecule has 140 valence electrons. The summed E-state index contributed by atoms with van der Waals surface area (Å²) < 4.78 is 12.4. The molecule has 2 saturated heterocycles. The molecular weight excluding hydrogens is 350 g/mol. The Bertz CT molecular complexity index is 801. The number of aryl methyl sites for hydroxylation is 1. The van der Waals surface area contributed by atoms with Gasteiger partial charge in [0.25, 0.3) is 5.91 Å². The maximum Gasteiger partial charge on any atom is 0.253 e. The van der Waals surface area contributed by atoms with Gasteiger partial charge in [-0.2, -0.15) is 0 Å². The molecule has 0 N–H and O–H groups in total. The van der Waals surface area contributed by atoms with E-state index in [2.05, 4.69) is 17.9 Å². The third kappa shape index (κ3) is 3.25.